The molecule has 0 aliphatic carbocycles. The van der Waals surface area contributed by atoms with Crippen LogP contribution in [0.5, 0.6) is 0 Å². The molecule has 0 fully saturated rings. The molecule has 5 heteroatoms. The second-order valence-electron chi connectivity index (χ2n) is 4.88. The molecule has 2 N–H and O–H groups in total. The molecule has 0 saturated heterocycles. The van der Waals surface area contributed by atoms with E-state index in [9.17, 15) is 4.79 Å². The van der Waals surface area contributed by atoms with Crippen LogP contribution >= 0.6 is 0 Å². The average molecular weight is 212 g/mol. The first-order chi connectivity index (χ1) is 6.87. The van der Waals surface area contributed by atoms with E-state index in [0.29, 0.717) is 5.69 Å². The highest BCUT2D eigenvalue weighted by molar-refractivity contribution is 5.69. The minimum Gasteiger partial charge on any atom is -0.564 e. The Hall–Kier alpha value is -1.39. The van der Waals surface area contributed by atoms with Crippen molar-refractivity contribution in [3.8, 4) is 0 Å². The SMILES string of the molecule is CC(C)(C)CCn1cc(CC(=O)[OH2+])nn1. The monoisotopic (exact) mass is 212 g/mol. The minimum atomic E-state index is -0.627. The number of nitrogens with zero attached hydrogens (tertiary/aromatic N) is 3. The van der Waals surface area contributed by atoms with Crippen molar-refractivity contribution in [2.45, 2.75) is 40.2 Å². The molecule has 1 aromatic rings. The second-order valence-corrected chi connectivity index (χ2v) is 4.88. The third-order valence-corrected chi connectivity index (χ3v) is 2.02. The normalized spacial score (nSPS) is 11.7. The van der Waals surface area contributed by atoms with Crippen molar-refractivity contribution in [3.05, 3.63) is 11.9 Å². The van der Waals surface area contributed by atoms with Crippen molar-refractivity contribution >= 4 is 5.97 Å². The van der Waals surface area contributed by atoms with Crippen LogP contribution in [0.2, 0.25) is 0 Å². The maximum Gasteiger partial charge on any atom is 0.522 e. The van der Waals surface area contributed by atoms with Gasteiger partial charge in [-0.2, -0.15) is 0 Å². The molecule has 0 bridgehead atoms. The Morgan fingerprint density at radius 3 is 2.73 bits per heavy atom. The van der Waals surface area contributed by atoms with Gasteiger partial charge in [-0.05, 0) is 11.8 Å². The van der Waals surface area contributed by atoms with Crippen molar-refractivity contribution in [1.82, 2.24) is 15.0 Å². The van der Waals surface area contributed by atoms with Crippen LogP contribution in [0.1, 0.15) is 32.9 Å². The van der Waals surface area contributed by atoms with Gasteiger partial charge in [-0.15, -0.1) is 5.10 Å². The molecule has 1 heterocycles. The van der Waals surface area contributed by atoms with Gasteiger partial charge in [-0.25, -0.2) is 0 Å². The highest BCUT2D eigenvalue weighted by atomic mass is 16.4. The molecule has 5 nitrogen and oxygen atoms in total. The van der Waals surface area contributed by atoms with Crippen molar-refractivity contribution in [2.75, 3.05) is 0 Å². The van der Waals surface area contributed by atoms with Crippen molar-refractivity contribution in [3.63, 3.8) is 0 Å². The summed E-state index contributed by atoms with van der Waals surface area (Å²) in [5.74, 6) is -0.627. The Labute approximate surface area is 89.1 Å². The quantitative estimate of drug-likeness (QED) is 0.683. The largest absolute Gasteiger partial charge is 0.564 e. The summed E-state index contributed by atoms with van der Waals surface area (Å²) in [6.45, 7) is 7.29. The fraction of sp³-hybridized carbons (Fsp3) is 0.700. The fourth-order valence-electron chi connectivity index (χ4n) is 1.14. The standard InChI is InChI=1S/C10H17N3O2/c1-10(2,3)4-5-13-7-8(11-12-13)6-9(14)15/h7H,4-6H2,1-3H3,(H,14,15)/p+1. The average Bonchev–Trinajstić information content (AvgIpc) is 2.46. The van der Waals surface area contributed by atoms with E-state index in [0.717, 1.165) is 13.0 Å². The van der Waals surface area contributed by atoms with Crippen LogP contribution in [0, 0.1) is 5.41 Å². The van der Waals surface area contributed by atoms with Gasteiger partial charge in [0, 0.05) is 17.5 Å². The number of aromatic nitrogens is 3. The van der Waals surface area contributed by atoms with E-state index in [4.69, 9.17) is 5.11 Å². The van der Waals surface area contributed by atoms with Crippen molar-refractivity contribution in [1.29, 1.82) is 0 Å². The van der Waals surface area contributed by atoms with E-state index in [2.05, 4.69) is 31.1 Å². The van der Waals surface area contributed by atoms with E-state index in [1.165, 1.54) is 0 Å². The van der Waals surface area contributed by atoms with Crippen LogP contribution in [0.15, 0.2) is 6.20 Å². The fourth-order valence-corrected chi connectivity index (χ4v) is 1.14. The molecule has 1 aromatic heterocycles. The highest BCUT2D eigenvalue weighted by Gasteiger charge is 2.13. The Morgan fingerprint density at radius 2 is 2.20 bits per heavy atom. The Kier molecular flexibility index (Phi) is 3.44. The summed E-state index contributed by atoms with van der Waals surface area (Å²) in [5.41, 5.74) is 0.834. The van der Waals surface area contributed by atoms with Crippen LogP contribution in [-0.2, 0) is 17.8 Å². The summed E-state index contributed by atoms with van der Waals surface area (Å²) < 4.78 is 1.73. The lowest BCUT2D eigenvalue weighted by Gasteiger charge is -2.17. The molecule has 0 aliphatic heterocycles. The molecule has 0 aromatic carbocycles. The van der Waals surface area contributed by atoms with Crippen molar-refractivity contribution < 1.29 is 9.90 Å². The van der Waals surface area contributed by atoms with E-state index in [1.54, 1.807) is 10.9 Å². The summed E-state index contributed by atoms with van der Waals surface area (Å²) in [5, 5.41) is 14.5. The molecule has 0 radical (unpaired) electrons. The topological polar surface area (TPSA) is 70.7 Å². The first-order valence-electron chi connectivity index (χ1n) is 5.00. The van der Waals surface area contributed by atoms with Gasteiger partial charge >= 0.3 is 5.97 Å². The number of carbonyl (C=O) groups is 1. The summed E-state index contributed by atoms with van der Waals surface area (Å²) in [4.78, 5) is 10.5. The first-order valence-corrected chi connectivity index (χ1v) is 5.00. The zero-order valence-corrected chi connectivity index (χ0v) is 9.45. The molecule has 0 unspecified atom stereocenters. The maximum atomic E-state index is 10.5. The van der Waals surface area contributed by atoms with E-state index in [-0.39, 0.29) is 11.8 Å². The van der Waals surface area contributed by atoms with Gasteiger partial charge < -0.3 is 5.11 Å². The smallest absolute Gasteiger partial charge is 0.522 e. The summed E-state index contributed by atoms with van der Waals surface area (Å²) in [6, 6.07) is 0. The molecule has 0 saturated carbocycles. The Morgan fingerprint density at radius 1 is 1.53 bits per heavy atom. The molecule has 0 atom stereocenters. The molecular weight excluding hydrogens is 194 g/mol. The zero-order chi connectivity index (χ0) is 11.5. The molecule has 0 spiro atoms. The highest BCUT2D eigenvalue weighted by Crippen LogP contribution is 2.18. The minimum absolute atomic E-state index is 0.0511. The summed E-state index contributed by atoms with van der Waals surface area (Å²) in [6.07, 6.45) is 2.79. The zero-order valence-electron chi connectivity index (χ0n) is 9.45. The van der Waals surface area contributed by atoms with E-state index in [1.807, 2.05) is 0 Å². The van der Waals surface area contributed by atoms with Gasteiger partial charge in [0.2, 0.25) is 0 Å². The third kappa shape index (κ3) is 4.58. The lowest BCUT2D eigenvalue weighted by molar-refractivity contribution is -0.136. The second kappa shape index (κ2) is 4.42. The molecule has 15 heavy (non-hydrogen) atoms. The van der Waals surface area contributed by atoms with E-state index >= 15 is 0 Å². The Bertz CT molecular complexity index is 339. The van der Waals surface area contributed by atoms with E-state index < -0.39 is 5.97 Å². The summed E-state index contributed by atoms with van der Waals surface area (Å²) in [7, 11) is 0. The lowest BCUT2D eigenvalue weighted by atomic mass is 9.92. The number of carbonyl (C=O) groups excluding carboxylic acids is 1. The van der Waals surface area contributed by atoms with Crippen LogP contribution in [0.4, 0.5) is 0 Å². The molecule has 0 aliphatic rings. The van der Waals surface area contributed by atoms with Crippen LogP contribution in [0.3, 0.4) is 0 Å². The maximum absolute atomic E-state index is 10.5. The predicted molar refractivity (Wildman–Crippen MR) is 56.4 cm³/mol. The number of hydrogen-bond donors (Lipinski definition) is 0. The number of rotatable bonds is 4. The van der Waals surface area contributed by atoms with Gasteiger partial charge in [0.25, 0.3) is 0 Å². The van der Waals surface area contributed by atoms with Crippen LogP contribution in [0.25, 0.3) is 0 Å². The van der Waals surface area contributed by atoms with Gasteiger partial charge in [0.1, 0.15) is 0 Å². The van der Waals surface area contributed by atoms with Gasteiger partial charge in [0.05, 0.1) is 5.69 Å². The molecule has 0 amide bonds. The van der Waals surface area contributed by atoms with Crippen LogP contribution < -0.4 is 0 Å². The van der Waals surface area contributed by atoms with Gasteiger partial charge in [-0.3, -0.25) is 4.68 Å². The predicted octanol–water partition coefficient (Wildman–Crippen LogP) is 0.508. The molecular formula is C10H18N3O2+. The third-order valence-electron chi connectivity index (χ3n) is 2.02. The molecule has 84 valence electrons. The molecule has 1 rings (SSSR count). The Balaban J connectivity index is 2.50. The van der Waals surface area contributed by atoms with Crippen LogP contribution in [-0.4, -0.2) is 26.1 Å². The first kappa shape index (κ1) is 11.7. The number of aryl methyl sites for hydroxylation is 1. The van der Waals surface area contributed by atoms with Gasteiger partial charge in [-0.1, -0.05) is 26.0 Å². The van der Waals surface area contributed by atoms with Crippen molar-refractivity contribution in [2.24, 2.45) is 5.41 Å². The number of hydrogen-bond acceptors (Lipinski definition) is 3. The summed E-state index contributed by atoms with van der Waals surface area (Å²) >= 11 is 0. The lowest BCUT2D eigenvalue weighted by Crippen LogP contribution is -2.10. The van der Waals surface area contributed by atoms with Gasteiger partial charge in [0.15, 0.2) is 6.42 Å².